The number of hydrogen-bond acceptors (Lipinski definition) is 8. The highest BCUT2D eigenvalue weighted by Gasteiger charge is 2.36. The molecule has 4 rings (SSSR count). The van der Waals surface area contributed by atoms with Crippen LogP contribution < -0.4 is 4.74 Å². The maximum Gasteiger partial charge on any atom is 0.302 e. The van der Waals surface area contributed by atoms with Crippen molar-refractivity contribution in [2.24, 2.45) is 0 Å². The van der Waals surface area contributed by atoms with E-state index in [1.807, 2.05) is 84.9 Å². The maximum absolute atomic E-state index is 11.5. The summed E-state index contributed by atoms with van der Waals surface area (Å²) in [6, 6.07) is 27.4. The Balaban J connectivity index is 1.44. The van der Waals surface area contributed by atoms with Gasteiger partial charge in [-0.15, -0.1) is 0 Å². The first kappa shape index (κ1) is 27.2. The molecule has 1 aliphatic heterocycles. The average Bonchev–Trinajstić information content (AvgIpc) is 2.94. The van der Waals surface area contributed by atoms with Gasteiger partial charge in [-0.25, -0.2) is 0 Å². The standard InChI is InChI=1S/C29H32O7S/c1-21(30)33-20-28(37-25-11-7-4-8-12-25)35-27-19-34-29(23-9-5-3-6-10-23)36-26(27)18-32-17-22-13-15-24(31-2)16-14-22/h3-16,26-29H,17-20H2,1-2H3/t26-,27?,28+,29?/m0/s1. The molecule has 0 aliphatic carbocycles. The summed E-state index contributed by atoms with van der Waals surface area (Å²) in [5, 5.41) is 0. The van der Waals surface area contributed by atoms with E-state index >= 15 is 0 Å². The van der Waals surface area contributed by atoms with Crippen molar-refractivity contribution in [1.82, 2.24) is 0 Å². The van der Waals surface area contributed by atoms with E-state index in [-0.39, 0.29) is 12.6 Å². The highest BCUT2D eigenvalue weighted by atomic mass is 32.2. The van der Waals surface area contributed by atoms with E-state index in [9.17, 15) is 4.79 Å². The molecule has 3 aromatic rings. The zero-order valence-corrected chi connectivity index (χ0v) is 21.8. The molecule has 1 saturated heterocycles. The summed E-state index contributed by atoms with van der Waals surface area (Å²) in [5.74, 6) is 0.437. The molecule has 1 aliphatic rings. The van der Waals surface area contributed by atoms with Crippen molar-refractivity contribution in [2.45, 2.75) is 42.4 Å². The normalized spacial score (nSPS) is 20.2. The van der Waals surface area contributed by atoms with Crippen molar-refractivity contribution in [1.29, 1.82) is 0 Å². The lowest BCUT2D eigenvalue weighted by atomic mass is 10.1. The van der Waals surface area contributed by atoms with Crippen LogP contribution in [0.3, 0.4) is 0 Å². The fraction of sp³-hybridized carbons (Fsp3) is 0.345. The third-order valence-electron chi connectivity index (χ3n) is 5.67. The fourth-order valence-corrected chi connectivity index (χ4v) is 4.73. The largest absolute Gasteiger partial charge is 0.497 e. The van der Waals surface area contributed by atoms with Crippen molar-refractivity contribution in [3.05, 3.63) is 96.1 Å². The third-order valence-corrected chi connectivity index (χ3v) is 6.72. The highest BCUT2D eigenvalue weighted by molar-refractivity contribution is 7.99. The van der Waals surface area contributed by atoms with Gasteiger partial charge in [0.1, 0.15) is 30.0 Å². The van der Waals surface area contributed by atoms with Crippen LogP contribution in [0.4, 0.5) is 0 Å². The molecule has 3 aromatic carbocycles. The van der Waals surface area contributed by atoms with Crippen LogP contribution in [0.1, 0.15) is 24.3 Å². The number of carbonyl (C=O) groups excluding carboxylic acids is 1. The monoisotopic (exact) mass is 524 g/mol. The van der Waals surface area contributed by atoms with Crippen LogP contribution >= 0.6 is 11.8 Å². The molecule has 0 amide bonds. The molecular formula is C29H32O7S. The third kappa shape index (κ3) is 8.59. The fourth-order valence-electron chi connectivity index (χ4n) is 3.78. The molecule has 196 valence electrons. The second-order valence-electron chi connectivity index (χ2n) is 8.45. The summed E-state index contributed by atoms with van der Waals surface area (Å²) in [5.41, 5.74) is 1.51. The molecule has 0 saturated carbocycles. The van der Waals surface area contributed by atoms with Gasteiger partial charge in [0.15, 0.2) is 6.29 Å². The molecule has 37 heavy (non-hydrogen) atoms. The van der Waals surface area contributed by atoms with E-state index in [4.69, 9.17) is 28.4 Å². The number of ether oxygens (including phenoxy) is 6. The summed E-state index contributed by atoms with van der Waals surface area (Å²) >= 11 is 1.48. The highest BCUT2D eigenvalue weighted by Crippen LogP contribution is 2.32. The van der Waals surface area contributed by atoms with Crippen LogP contribution in [0.5, 0.6) is 5.75 Å². The first-order chi connectivity index (χ1) is 18.1. The Morgan fingerprint density at radius 2 is 1.70 bits per heavy atom. The number of methoxy groups -OCH3 is 1. The van der Waals surface area contributed by atoms with Gasteiger partial charge in [0, 0.05) is 17.4 Å². The molecule has 1 heterocycles. The minimum Gasteiger partial charge on any atom is -0.497 e. The Hall–Kier alpha value is -2.88. The Kier molecular flexibility index (Phi) is 10.4. The van der Waals surface area contributed by atoms with Crippen molar-refractivity contribution in [3.8, 4) is 5.75 Å². The van der Waals surface area contributed by atoms with Crippen LogP contribution in [0, 0.1) is 0 Å². The lowest BCUT2D eigenvalue weighted by molar-refractivity contribution is -0.278. The minimum absolute atomic E-state index is 0.104. The average molecular weight is 525 g/mol. The number of esters is 1. The molecular weight excluding hydrogens is 492 g/mol. The molecule has 0 spiro atoms. The van der Waals surface area contributed by atoms with Gasteiger partial charge in [0.2, 0.25) is 0 Å². The maximum atomic E-state index is 11.5. The molecule has 8 heteroatoms. The van der Waals surface area contributed by atoms with Crippen molar-refractivity contribution < 1.29 is 33.2 Å². The van der Waals surface area contributed by atoms with Gasteiger partial charge in [-0.2, -0.15) is 0 Å². The van der Waals surface area contributed by atoms with Gasteiger partial charge < -0.3 is 28.4 Å². The Morgan fingerprint density at radius 1 is 1.00 bits per heavy atom. The number of benzene rings is 3. The summed E-state index contributed by atoms with van der Waals surface area (Å²) in [6.07, 6.45) is -1.34. The van der Waals surface area contributed by atoms with Crippen molar-refractivity contribution in [3.63, 3.8) is 0 Å². The topological polar surface area (TPSA) is 72.5 Å². The Morgan fingerprint density at radius 3 is 2.38 bits per heavy atom. The number of hydrogen-bond donors (Lipinski definition) is 0. The Labute approximate surface area is 222 Å². The summed E-state index contributed by atoms with van der Waals surface area (Å²) in [6.45, 7) is 2.52. The van der Waals surface area contributed by atoms with Gasteiger partial charge in [-0.3, -0.25) is 4.79 Å². The van der Waals surface area contributed by atoms with E-state index in [1.54, 1.807) is 7.11 Å². The van der Waals surface area contributed by atoms with Crippen LogP contribution in [-0.4, -0.2) is 50.5 Å². The van der Waals surface area contributed by atoms with Gasteiger partial charge in [-0.1, -0.05) is 72.4 Å². The van der Waals surface area contributed by atoms with Crippen LogP contribution in [0.25, 0.3) is 0 Å². The predicted octanol–water partition coefficient (Wildman–Crippen LogP) is 5.39. The molecule has 0 N–H and O–H groups in total. The molecule has 7 nitrogen and oxygen atoms in total. The van der Waals surface area contributed by atoms with Gasteiger partial charge in [0.25, 0.3) is 0 Å². The number of thioether (sulfide) groups is 1. The first-order valence-corrected chi connectivity index (χ1v) is 13.0. The molecule has 1 fully saturated rings. The van der Waals surface area contributed by atoms with Gasteiger partial charge in [-0.05, 0) is 29.8 Å². The summed E-state index contributed by atoms with van der Waals surface area (Å²) in [4.78, 5) is 12.5. The molecule has 0 bridgehead atoms. The van der Waals surface area contributed by atoms with E-state index in [2.05, 4.69) is 0 Å². The SMILES string of the molecule is COc1ccc(COC[C@@H]2OC(c3ccccc3)OCC2O[C@@H](COC(C)=O)Sc2ccccc2)cc1. The Bertz CT molecular complexity index is 1080. The van der Waals surface area contributed by atoms with E-state index < -0.39 is 23.9 Å². The lowest BCUT2D eigenvalue weighted by Crippen LogP contribution is -2.46. The van der Waals surface area contributed by atoms with Crippen LogP contribution in [-0.2, 0) is 35.1 Å². The van der Waals surface area contributed by atoms with Crippen molar-refractivity contribution in [2.75, 3.05) is 26.9 Å². The smallest absolute Gasteiger partial charge is 0.302 e. The minimum atomic E-state index is -0.524. The number of rotatable bonds is 12. The predicted molar refractivity (Wildman–Crippen MR) is 140 cm³/mol. The zero-order chi connectivity index (χ0) is 25.9. The van der Waals surface area contributed by atoms with Crippen molar-refractivity contribution >= 4 is 17.7 Å². The lowest BCUT2D eigenvalue weighted by Gasteiger charge is -2.38. The van der Waals surface area contributed by atoms with Crippen LogP contribution in [0.2, 0.25) is 0 Å². The summed E-state index contributed by atoms with van der Waals surface area (Å²) < 4.78 is 35.4. The molecule has 0 radical (unpaired) electrons. The van der Waals surface area contributed by atoms with Crippen LogP contribution in [0.15, 0.2) is 89.8 Å². The first-order valence-electron chi connectivity index (χ1n) is 12.1. The van der Waals surface area contributed by atoms with E-state index in [0.717, 1.165) is 21.8 Å². The molecule has 4 atom stereocenters. The quantitative estimate of drug-likeness (QED) is 0.177. The van der Waals surface area contributed by atoms with Gasteiger partial charge in [0.05, 0.1) is 26.9 Å². The zero-order valence-electron chi connectivity index (χ0n) is 21.0. The second-order valence-corrected chi connectivity index (χ2v) is 9.68. The number of carbonyl (C=O) groups is 1. The van der Waals surface area contributed by atoms with Gasteiger partial charge >= 0.3 is 5.97 Å². The second kappa shape index (κ2) is 14.2. The molecule has 0 aromatic heterocycles. The van der Waals surface area contributed by atoms with E-state index in [0.29, 0.717) is 19.8 Å². The van der Waals surface area contributed by atoms with E-state index in [1.165, 1.54) is 18.7 Å². The molecule has 2 unspecified atom stereocenters. The summed E-state index contributed by atoms with van der Waals surface area (Å²) in [7, 11) is 1.64.